The van der Waals surface area contributed by atoms with Crippen LogP contribution in [0.25, 0.3) is 22.2 Å². The van der Waals surface area contributed by atoms with Gasteiger partial charge in [0.1, 0.15) is 0 Å². The summed E-state index contributed by atoms with van der Waals surface area (Å²) < 4.78 is 0. The summed E-state index contributed by atoms with van der Waals surface area (Å²) in [4.78, 5) is 20.3. The van der Waals surface area contributed by atoms with Gasteiger partial charge in [0, 0.05) is 23.3 Å². The van der Waals surface area contributed by atoms with E-state index in [4.69, 9.17) is 0 Å². The van der Waals surface area contributed by atoms with Gasteiger partial charge in [0.2, 0.25) is 5.43 Å². The Bertz CT molecular complexity index is 860. The SMILES string of the molecule is Cc1ccc(=O)c(O)c(-c2ccc3cnccc3n2)c1. The highest BCUT2D eigenvalue weighted by Crippen LogP contribution is 2.26. The molecule has 0 saturated heterocycles. The molecule has 2 aromatic heterocycles. The lowest BCUT2D eigenvalue weighted by atomic mass is 10.1. The average Bonchev–Trinajstić information content (AvgIpc) is 2.60. The number of pyridine rings is 2. The van der Waals surface area contributed by atoms with E-state index in [1.54, 1.807) is 36.7 Å². The Labute approximate surface area is 115 Å². The molecule has 4 nitrogen and oxygen atoms in total. The third-order valence-corrected chi connectivity index (χ3v) is 3.12. The molecule has 0 atom stereocenters. The predicted molar refractivity (Wildman–Crippen MR) is 77.6 cm³/mol. The highest BCUT2D eigenvalue weighted by Gasteiger charge is 2.09. The largest absolute Gasteiger partial charge is 0.504 e. The van der Waals surface area contributed by atoms with Crippen LogP contribution in [0.4, 0.5) is 0 Å². The van der Waals surface area contributed by atoms with Crippen molar-refractivity contribution in [1.29, 1.82) is 0 Å². The van der Waals surface area contributed by atoms with E-state index in [0.717, 1.165) is 16.5 Å². The number of nitrogens with zero attached hydrogens (tertiary/aromatic N) is 2. The number of aromatic hydroxyl groups is 1. The molecular formula is C16H12N2O2. The first kappa shape index (κ1) is 12.3. The molecule has 1 N–H and O–H groups in total. The third-order valence-electron chi connectivity index (χ3n) is 3.12. The Hall–Kier alpha value is -2.75. The Morgan fingerprint density at radius 1 is 1.10 bits per heavy atom. The Morgan fingerprint density at radius 2 is 1.95 bits per heavy atom. The fourth-order valence-electron chi connectivity index (χ4n) is 2.07. The molecule has 0 fully saturated rings. The fraction of sp³-hybridized carbons (Fsp3) is 0.0625. The van der Waals surface area contributed by atoms with Crippen LogP contribution >= 0.6 is 0 Å². The van der Waals surface area contributed by atoms with Gasteiger partial charge in [-0.2, -0.15) is 0 Å². The van der Waals surface area contributed by atoms with Crippen LogP contribution < -0.4 is 5.43 Å². The van der Waals surface area contributed by atoms with Gasteiger partial charge in [0.15, 0.2) is 5.75 Å². The van der Waals surface area contributed by atoms with Crippen LogP contribution in [0.15, 0.2) is 53.6 Å². The maximum Gasteiger partial charge on any atom is 0.220 e. The molecule has 98 valence electrons. The minimum absolute atomic E-state index is 0.279. The van der Waals surface area contributed by atoms with Gasteiger partial charge in [-0.3, -0.25) is 9.78 Å². The van der Waals surface area contributed by atoms with Crippen LogP contribution in [0.5, 0.6) is 5.75 Å². The van der Waals surface area contributed by atoms with E-state index in [9.17, 15) is 9.90 Å². The minimum Gasteiger partial charge on any atom is -0.504 e. The zero-order valence-electron chi connectivity index (χ0n) is 10.9. The summed E-state index contributed by atoms with van der Waals surface area (Å²) in [6.07, 6.45) is 3.38. The maximum atomic E-state index is 11.7. The van der Waals surface area contributed by atoms with E-state index in [2.05, 4.69) is 9.97 Å². The summed E-state index contributed by atoms with van der Waals surface area (Å²) in [7, 11) is 0. The smallest absolute Gasteiger partial charge is 0.220 e. The molecule has 0 aliphatic carbocycles. The predicted octanol–water partition coefficient (Wildman–Crippen LogP) is 2.67. The average molecular weight is 264 g/mol. The molecule has 1 aromatic carbocycles. The summed E-state index contributed by atoms with van der Waals surface area (Å²) in [5, 5.41) is 11.0. The van der Waals surface area contributed by atoms with Gasteiger partial charge in [-0.1, -0.05) is 11.6 Å². The van der Waals surface area contributed by atoms with E-state index in [1.165, 1.54) is 6.07 Å². The first-order valence-electron chi connectivity index (χ1n) is 6.20. The van der Waals surface area contributed by atoms with Crippen molar-refractivity contribution in [1.82, 2.24) is 9.97 Å². The van der Waals surface area contributed by atoms with E-state index >= 15 is 0 Å². The standard InChI is InChI=1S/C16H12N2O2/c1-10-2-5-15(19)16(20)12(8-10)14-4-3-11-9-17-7-6-13(11)18-14/h2-9H,1H3,(H,19,20). The second kappa shape index (κ2) is 4.74. The number of fused-ring (bicyclic) bond motifs is 1. The van der Waals surface area contributed by atoms with Crippen molar-refractivity contribution in [3.63, 3.8) is 0 Å². The van der Waals surface area contributed by atoms with Crippen molar-refractivity contribution in [2.45, 2.75) is 6.92 Å². The summed E-state index contributed by atoms with van der Waals surface area (Å²) >= 11 is 0. The van der Waals surface area contributed by atoms with Gasteiger partial charge >= 0.3 is 0 Å². The van der Waals surface area contributed by atoms with E-state index in [1.807, 2.05) is 13.0 Å². The summed E-state index contributed by atoms with van der Waals surface area (Å²) in [5.41, 5.74) is 2.25. The number of hydrogen-bond acceptors (Lipinski definition) is 4. The topological polar surface area (TPSA) is 63.1 Å². The Morgan fingerprint density at radius 3 is 2.80 bits per heavy atom. The molecule has 20 heavy (non-hydrogen) atoms. The van der Waals surface area contributed by atoms with Crippen molar-refractivity contribution in [3.05, 3.63) is 64.6 Å². The van der Waals surface area contributed by atoms with Gasteiger partial charge in [0.25, 0.3) is 0 Å². The number of hydrogen-bond donors (Lipinski definition) is 1. The molecule has 0 aliphatic heterocycles. The molecule has 4 heteroatoms. The van der Waals surface area contributed by atoms with Gasteiger partial charge in [-0.05, 0) is 37.3 Å². The lowest BCUT2D eigenvalue weighted by Crippen LogP contribution is -1.95. The van der Waals surface area contributed by atoms with Crippen molar-refractivity contribution in [3.8, 4) is 17.0 Å². The normalized spacial score (nSPS) is 10.7. The minimum atomic E-state index is -0.412. The van der Waals surface area contributed by atoms with Gasteiger partial charge in [-0.15, -0.1) is 0 Å². The fourth-order valence-corrected chi connectivity index (χ4v) is 2.07. The third kappa shape index (κ3) is 2.12. The van der Waals surface area contributed by atoms with E-state index in [0.29, 0.717) is 11.3 Å². The van der Waals surface area contributed by atoms with Crippen LogP contribution in [0.1, 0.15) is 5.56 Å². The van der Waals surface area contributed by atoms with E-state index < -0.39 is 5.43 Å². The molecule has 3 aromatic rings. The highest BCUT2D eigenvalue weighted by atomic mass is 16.3. The second-order valence-electron chi connectivity index (χ2n) is 4.61. The number of aryl methyl sites for hydroxylation is 1. The summed E-state index contributed by atoms with van der Waals surface area (Å²) in [6.45, 7) is 1.87. The van der Waals surface area contributed by atoms with Gasteiger partial charge in [-0.25, -0.2) is 4.98 Å². The van der Waals surface area contributed by atoms with Crippen molar-refractivity contribution in [2.75, 3.05) is 0 Å². The molecular weight excluding hydrogens is 252 g/mol. The first-order chi connectivity index (χ1) is 9.65. The van der Waals surface area contributed by atoms with Crippen LogP contribution in [0.3, 0.4) is 0 Å². The molecule has 2 heterocycles. The van der Waals surface area contributed by atoms with Gasteiger partial charge in [0.05, 0.1) is 11.2 Å². The molecule has 0 amide bonds. The molecule has 0 bridgehead atoms. The van der Waals surface area contributed by atoms with E-state index in [-0.39, 0.29) is 5.75 Å². The van der Waals surface area contributed by atoms with Gasteiger partial charge < -0.3 is 5.11 Å². The Kier molecular flexibility index (Phi) is 2.91. The number of rotatable bonds is 1. The molecule has 0 saturated carbocycles. The molecule has 0 unspecified atom stereocenters. The molecule has 0 radical (unpaired) electrons. The quantitative estimate of drug-likeness (QED) is 0.734. The lowest BCUT2D eigenvalue weighted by molar-refractivity contribution is 0.473. The van der Waals surface area contributed by atoms with Crippen molar-refractivity contribution < 1.29 is 5.11 Å². The number of aromatic nitrogens is 2. The van der Waals surface area contributed by atoms with Crippen LogP contribution in [-0.4, -0.2) is 15.1 Å². The monoisotopic (exact) mass is 264 g/mol. The van der Waals surface area contributed by atoms with Crippen LogP contribution in [0, 0.1) is 6.92 Å². The summed E-state index contributed by atoms with van der Waals surface area (Å²) in [6, 6.07) is 10.2. The summed E-state index contributed by atoms with van der Waals surface area (Å²) in [5.74, 6) is -0.279. The van der Waals surface area contributed by atoms with Crippen molar-refractivity contribution >= 4 is 10.9 Å². The zero-order chi connectivity index (χ0) is 14.1. The zero-order valence-corrected chi connectivity index (χ0v) is 10.9. The van der Waals surface area contributed by atoms with Crippen LogP contribution in [-0.2, 0) is 0 Å². The first-order valence-corrected chi connectivity index (χ1v) is 6.20. The second-order valence-corrected chi connectivity index (χ2v) is 4.61. The lowest BCUT2D eigenvalue weighted by Gasteiger charge is -2.03. The maximum absolute atomic E-state index is 11.7. The molecule has 0 aliphatic rings. The molecule has 0 spiro atoms. The molecule has 3 rings (SSSR count). The van der Waals surface area contributed by atoms with Crippen molar-refractivity contribution in [2.24, 2.45) is 0 Å². The highest BCUT2D eigenvalue weighted by molar-refractivity contribution is 5.81. The van der Waals surface area contributed by atoms with Crippen LogP contribution in [0.2, 0.25) is 0 Å². The Balaban J connectivity index is 2.31.